The molecule has 0 amide bonds. The van der Waals surface area contributed by atoms with E-state index in [-0.39, 0.29) is 24.4 Å². The first-order chi connectivity index (χ1) is 8.19. The monoisotopic (exact) mass is 239 g/mol. The Balaban J connectivity index is 2.58. The van der Waals surface area contributed by atoms with Crippen molar-refractivity contribution in [3.8, 4) is 5.75 Å². The first-order valence-corrected chi connectivity index (χ1v) is 5.82. The second kappa shape index (κ2) is 7.27. The van der Waals surface area contributed by atoms with Gasteiger partial charge in [-0.15, -0.1) is 0 Å². The molecule has 1 aromatic carbocycles. The van der Waals surface area contributed by atoms with Crippen molar-refractivity contribution in [3.63, 3.8) is 0 Å². The zero-order valence-corrected chi connectivity index (χ0v) is 10.4. The Bertz CT molecular complexity index is 330. The predicted molar refractivity (Wildman–Crippen MR) is 67.0 cm³/mol. The van der Waals surface area contributed by atoms with Crippen molar-refractivity contribution in [2.24, 2.45) is 0 Å². The number of methoxy groups -OCH3 is 1. The summed E-state index contributed by atoms with van der Waals surface area (Å²) in [6.07, 6.45) is 0.741. The molecule has 1 rings (SSSR count). The fraction of sp³-hybridized carbons (Fsp3) is 0.538. The molecule has 0 fully saturated rings. The summed E-state index contributed by atoms with van der Waals surface area (Å²) in [6.45, 7) is 2.62. The molecule has 4 nitrogen and oxygen atoms in total. The number of phenolic OH excluding ortho intramolecular Hbond substituents is 1. The van der Waals surface area contributed by atoms with Gasteiger partial charge in [0.25, 0.3) is 0 Å². The molecule has 2 atom stereocenters. The van der Waals surface area contributed by atoms with Gasteiger partial charge in [-0.2, -0.15) is 0 Å². The van der Waals surface area contributed by atoms with Crippen LogP contribution in [0.4, 0.5) is 0 Å². The number of hydrogen-bond acceptors (Lipinski definition) is 4. The largest absolute Gasteiger partial charge is 0.508 e. The summed E-state index contributed by atoms with van der Waals surface area (Å²) in [5, 5.41) is 22.2. The summed E-state index contributed by atoms with van der Waals surface area (Å²) in [7, 11) is 1.64. The van der Waals surface area contributed by atoms with E-state index in [0.29, 0.717) is 6.61 Å². The van der Waals surface area contributed by atoms with Crippen molar-refractivity contribution in [2.45, 2.75) is 25.4 Å². The van der Waals surface area contributed by atoms with Crippen LogP contribution in [0.1, 0.15) is 24.9 Å². The van der Waals surface area contributed by atoms with E-state index in [2.05, 4.69) is 5.32 Å². The van der Waals surface area contributed by atoms with Gasteiger partial charge in [0.2, 0.25) is 0 Å². The van der Waals surface area contributed by atoms with Gasteiger partial charge in [-0.05, 0) is 19.4 Å². The molecule has 0 spiro atoms. The summed E-state index contributed by atoms with van der Waals surface area (Å²) in [5.41, 5.74) is 0.836. The Morgan fingerprint density at radius 1 is 1.35 bits per heavy atom. The Morgan fingerprint density at radius 3 is 2.65 bits per heavy atom. The van der Waals surface area contributed by atoms with E-state index in [1.807, 2.05) is 19.1 Å². The average Bonchev–Trinajstić information content (AvgIpc) is 2.34. The lowest BCUT2D eigenvalue weighted by atomic mass is 10.1. The van der Waals surface area contributed by atoms with Crippen LogP contribution in [0.15, 0.2) is 24.3 Å². The molecule has 0 bridgehead atoms. The zero-order chi connectivity index (χ0) is 12.7. The molecule has 3 N–H and O–H groups in total. The van der Waals surface area contributed by atoms with E-state index < -0.39 is 0 Å². The molecule has 4 heteroatoms. The minimum atomic E-state index is -0.0236. The van der Waals surface area contributed by atoms with Crippen molar-refractivity contribution in [3.05, 3.63) is 29.8 Å². The van der Waals surface area contributed by atoms with Gasteiger partial charge in [0.05, 0.1) is 6.61 Å². The molecule has 1 aromatic rings. The number of aromatic hydroxyl groups is 1. The van der Waals surface area contributed by atoms with Crippen LogP contribution in [0.3, 0.4) is 0 Å². The molecule has 0 radical (unpaired) electrons. The molecule has 96 valence electrons. The Morgan fingerprint density at radius 2 is 2.06 bits per heavy atom. The molecule has 2 unspecified atom stereocenters. The number of ether oxygens (including phenoxy) is 1. The first kappa shape index (κ1) is 14.0. The molecule has 0 saturated carbocycles. The number of nitrogens with one attached hydrogen (secondary N) is 1. The van der Waals surface area contributed by atoms with E-state index in [4.69, 9.17) is 4.74 Å². The third-order valence-electron chi connectivity index (χ3n) is 2.78. The SMILES string of the molecule is COCCC(CO)NC(C)c1ccccc1O. The van der Waals surface area contributed by atoms with Gasteiger partial charge < -0.3 is 20.3 Å². The number of hydrogen-bond donors (Lipinski definition) is 3. The second-order valence-electron chi connectivity index (χ2n) is 4.11. The van der Waals surface area contributed by atoms with Crippen LogP contribution < -0.4 is 5.32 Å². The maximum absolute atomic E-state index is 9.72. The summed E-state index contributed by atoms with van der Waals surface area (Å²) in [4.78, 5) is 0. The minimum absolute atomic E-state index is 0.00907. The highest BCUT2D eigenvalue weighted by molar-refractivity contribution is 5.34. The lowest BCUT2D eigenvalue weighted by Crippen LogP contribution is -2.35. The van der Waals surface area contributed by atoms with Crippen LogP contribution in [0.2, 0.25) is 0 Å². The molecular weight excluding hydrogens is 218 g/mol. The van der Waals surface area contributed by atoms with Gasteiger partial charge >= 0.3 is 0 Å². The summed E-state index contributed by atoms with van der Waals surface area (Å²) in [5.74, 6) is 0.274. The molecule has 17 heavy (non-hydrogen) atoms. The Kier molecular flexibility index (Phi) is 5.97. The fourth-order valence-electron chi connectivity index (χ4n) is 1.78. The zero-order valence-electron chi connectivity index (χ0n) is 10.4. The third-order valence-corrected chi connectivity index (χ3v) is 2.78. The number of benzene rings is 1. The number of aliphatic hydroxyl groups is 1. The summed E-state index contributed by atoms with van der Waals surface area (Å²) in [6, 6.07) is 7.18. The van der Waals surface area contributed by atoms with E-state index in [1.54, 1.807) is 19.2 Å². The standard InChI is InChI=1S/C13H21NO3/c1-10(12-5-3-4-6-13(12)16)14-11(9-15)7-8-17-2/h3-6,10-11,14-16H,7-9H2,1-2H3. The highest BCUT2D eigenvalue weighted by atomic mass is 16.5. The molecule has 0 heterocycles. The topological polar surface area (TPSA) is 61.7 Å². The van der Waals surface area contributed by atoms with Gasteiger partial charge in [-0.3, -0.25) is 0 Å². The number of phenols is 1. The normalized spacial score (nSPS) is 14.5. The average molecular weight is 239 g/mol. The van der Waals surface area contributed by atoms with Crippen LogP contribution in [-0.2, 0) is 4.74 Å². The second-order valence-corrected chi connectivity index (χ2v) is 4.11. The molecule has 0 aliphatic rings. The van der Waals surface area contributed by atoms with Crippen LogP contribution >= 0.6 is 0 Å². The number of rotatable bonds is 7. The van der Waals surface area contributed by atoms with E-state index >= 15 is 0 Å². The molecule has 0 saturated heterocycles. The highest BCUT2D eigenvalue weighted by Gasteiger charge is 2.14. The van der Waals surface area contributed by atoms with Crippen LogP contribution in [-0.4, -0.2) is 36.6 Å². The predicted octanol–water partition coefficient (Wildman–Crippen LogP) is 1.44. The lowest BCUT2D eigenvalue weighted by molar-refractivity contribution is 0.155. The van der Waals surface area contributed by atoms with Crippen molar-refractivity contribution >= 4 is 0 Å². The Labute approximate surface area is 102 Å². The summed E-state index contributed by atoms with van der Waals surface area (Å²) >= 11 is 0. The quantitative estimate of drug-likeness (QED) is 0.674. The molecular formula is C13H21NO3. The van der Waals surface area contributed by atoms with Crippen LogP contribution in [0, 0.1) is 0 Å². The molecule has 0 aromatic heterocycles. The Hall–Kier alpha value is -1.10. The van der Waals surface area contributed by atoms with Gasteiger partial charge in [-0.25, -0.2) is 0 Å². The van der Waals surface area contributed by atoms with Crippen LogP contribution in [0.5, 0.6) is 5.75 Å². The number of aliphatic hydroxyl groups excluding tert-OH is 1. The van der Waals surface area contributed by atoms with Gasteiger partial charge in [-0.1, -0.05) is 18.2 Å². The van der Waals surface area contributed by atoms with Gasteiger partial charge in [0.1, 0.15) is 5.75 Å². The third kappa shape index (κ3) is 4.34. The fourth-order valence-corrected chi connectivity index (χ4v) is 1.78. The number of para-hydroxylation sites is 1. The maximum Gasteiger partial charge on any atom is 0.120 e. The smallest absolute Gasteiger partial charge is 0.120 e. The van der Waals surface area contributed by atoms with Crippen molar-refractivity contribution < 1.29 is 14.9 Å². The first-order valence-electron chi connectivity index (χ1n) is 5.82. The maximum atomic E-state index is 9.72. The van der Waals surface area contributed by atoms with Gasteiger partial charge in [0, 0.05) is 31.4 Å². The molecule has 0 aliphatic heterocycles. The van der Waals surface area contributed by atoms with E-state index in [9.17, 15) is 10.2 Å². The highest BCUT2D eigenvalue weighted by Crippen LogP contribution is 2.23. The summed E-state index contributed by atoms with van der Waals surface area (Å²) < 4.78 is 4.98. The minimum Gasteiger partial charge on any atom is -0.508 e. The lowest BCUT2D eigenvalue weighted by Gasteiger charge is -2.22. The van der Waals surface area contributed by atoms with E-state index in [0.717, 1.165) is 12.0 Å². The van der Waals surface area contributed by atoms with Crippen molar-refractivity contribution in [1.29, 1.82) is 0 Å². The van der Waals surface area contributed by atoms with Crippen LogP contribution in [0.25, 0.3) is 0 Å². The van der Waals surface area contributed by atoms with E-state index in [1.165, 1.54) is 0 Å². The van der Waals surface area contributed by atoms with Gasteiger partial charge in [0.15, 0.2) is 0 Å². The van der Waals surface area contributed by atoms with Crippen molar-refractivity contribution in [1.82, 2.24) is 5.32 Å². The van der Waals surface area contributed by atoms with Crippen molar-refractivity contribution in [2.75, 3.05) is 20.3 Å². The molecule has 0 aliphatic carbocycles.